The first-order chi connectivity index (χ1) is 13.1. The van der Waals surface area contributed by atoms with Crippen molar-refractivity contribution in [3.8, 4) is 0 Å². The fourth-order valence-corrected chi connectivity index (χ4v) is 2.44. The molecule has 0 aromatic heterocycles. The minimum Gasteiger partial charge on any atom is -0.449 e. The van der Waals surface area contributed by atoms with Crippen molar-refractivity contribution in [2.75, 3.05) is 5.32 Å². The van der Waals surface area contributed by atoms with E-state index in [-0.39, 0.29) is 33.2 Å². The van der Waals surface area contributed by atoms with Crippen LogP contribution in [0.15, 0.2) is 36.4 Å². The molecule has 28 heavy (non-hydrogen) atoms. The summed E-state index contributed by atoms with van der Waals surface area (Å²) in [6, 6.07) is 7.19. The fraction of sp³-hybridized carbons (Fsp3) is 0.176. The van der Waals surface area contributed by atoms with Gasteiger partial charge in [-0.25, -0.2) is 4.79 Å². The average Bonchev–Trinajstić information content (AvgIpc) is 2.62. The van der Waals surface area contributed by atoms with Crippen molar-refractivity contribution in [1.29, 1.82) is 0 Å². The molecule has 0 heterocycles. The molecule has 1 unspecified atom stereocenters. The van der Waals surface area contributed by atoms with Crippen LogP contribution in [0.25, 0.3) is 0 Å². The number of ether oxygens (including phenoxy) is 1. The highest BCUT2D eigenvalue weighted by Crippen LogP contribution is 2.27. The number of amides is 1. The van der Waals surface area contributed by atoms with Crippen LogP contribution in [0.3, 0.4) is 0 Å². The molecule has 0 saturated heterocycles. The van der Waals surface area contributed by atoms with Crippen molar-refractivity contribution >= 4 is 40.5 Å². The fourth-order valence-electron chi connectivity index (χ4n) is 2.22. The third-order valence-electron chi connectivity index (χ3n) is 3.70. The number of nitrogens with zero attached hydrogens (tertiary/aromatic N) is 2. The van der Waals surface area contributed by atoms with Crippen LogP contribution in [0.1, 0.15) is 22.8 Å². The molecule has 0 saturated carbocycles. The van der Waals surface area contributed by atoms with Gasteiger partial charge in [0.2, 0.25) is 0 Å². The molecular formula is C17H14ClN3O7. The van der Waals surface area contributed by atoms with E-state index in [1.165, 1.54) is 38.1 Å². The van der Waals surface area contributed by atoms with Crippen LogP contribution in [0.2, 0.25) is 5.02 Å². The molecule has 1 atom stereocenters. The van der Waals surface area contributed by atoms with Crippen LogP contribution in [0, 0.1) is 27.2 Å². The number of non-ortho nitro benzene ring substituents is 1. The van der Waals surface area contributed by atoms with Gasteiger partial charge in [0.1, 0.15) is 0 Å². The van der Waals surface area contributed by atoms with Crippen molar-refractivity contribution in [1.82, 2.24) is 0 Å². The van der Waals surface area contributed by atoms with E-state index in [4.69, 9.17) is 16.3 Å². The number of rotatable bonds is 6. The Balaban J connectivity index is 2.06. The first-order valence-electron chi connectivity index (χ1n) is 7.81. The number of carbonyl (C=O) groups is 2. The number of hydrogen-bond donors (Lipinski definition) is 1. The summed E-state index contributed by atoms with van der Waals surface area (Å²) in [5.74, 6) is -1.54. The van der Waals surface area contributed by atoms with Crippen LogP contribution in [0.4, 0.5) is 17.1 Å². The molecule has 2 aromatic carbocycles. The molecule has 0 bridgehead atoms. The molecule has 146 valence electrons. The molecule has 11 heteroatoms. The minimum atomic E-state index is -1.21. The summed E-state index contributed by atoms with van der Waals surface area (Å²) in [5, 5.41) is 23.9. The molecule has 0 spiro atoms. The Kier molecular flexibility index (Phi) is 6.26. The molecule has 1 N–H and O–H groups in total. The van der Waals surface area contributed by atoms with Crippen molar-refractivity contribution in [3.63, 3.8) is 0 Å². The lowest BCUT2D eigenvalue weighted by Crippen LogP contribution is -2.30. The predicted molar refractivity (Wildman–Crippen MR) is 99.4 cm³/mol. The first kappa shape index (κ1) is 20.8. The number of nitrogens with one attached hydrogen (secondary N) is 1. The van der Waals surface area contributed by atoms with Gasteiger partial charge in [-0.3, -0.25) is 25.0 Å². The predicted octanol–water partition coefficient (Wildman–Crippen LogP) is 3.65. The van der Waals surface area contributed by atoms with Gasteiger partial charge in [-0.1, -0.05) is 11.6 Å². The minimum absolute atomic E-state index is 0.0490. The molecule has 1 amide bonds. The Morgan fingerprint density at radius 3 is 2.32 bits per heavy atom. The number of hydrogen-bond acceptors (Lipinski definition) is 7. The Hall–Kier alpha value is -3.53. The number of nitro benzene ring substituents is 2. The zero-order valence-corrected chi connectivity index (χ0v) is 15.4. The SMILES string of the molecule is Cc1cc(C(=O)OC(C)C(=O)Nc2ccc([N+](=O)[O-])cc2Cl)ccc1[N+](=O)[O-]. The second-order valence-electron chi connectivity index (χ2n) is 5.72. The van der Waals surface area contributed by atoms with E-state index in [0.717, 1.165) is 12.1 Å². The molecule has 2 rings (SSSR count). The molecule has 2 aromatic rings. The van der Waals surface area contributed by atoms with Gasteiger partial charge < -0.3 is 10.1 Å². The summed E-state index contributed by atoms with van der Waals surface area (Å²) < 4.78 is 5.06. The molecular weight excluding hydrogens is 394 g/mol. The lowest BCUT2D eigenvalue weighted by atomic mass is 10.1. The van der Waals surface area contributed by atoms with Gasteiger partial charge in [-0.05, 0) is 32.0 Å². The van der Waals surface area contributed by atoms with Crippen molar-refractivity contribution in [2.45, 2.75) is 20.0 Å². The van der Waals surface area contributed by atoms with E-state index in [1.54, 1.807) is 0 Å². The van der Waals surface area contributed by atoms with E-state index >= 15 is 0 Å². The van der Waals surface area contributed by atoms with E-state index in [9.17, 15) is 29.8 Å². The summed E-state index contributed by atoms with van der Waals surface area (Å²) in [4.78, 5) is 44.7. The third-order valence-corrected chi connectivity index (χ3v) is 4.02. The summed E-state index contributed by atoms with van der Waals surface area (Å²) in [6.07, 6.45) is -1.21. The maximum atomic E-state index is 12.2. The third kappa shape index (κ3) is 4.80. The van der Waals surface area contributed by atoms with E-state index < -0.39 is 27.8 Å². The van der Waals surface area contributed by atoms with Gasteiger partial charge in [-0.15, -0.1) is 0 Å². The summed E-state index contributed by atoms with van der Waals surface area (Å²) >= 11 is 5.90. The number of nitro groups is 2. The van der Waals surface area contributed by atoms with Crippen molar-refractivity contribution < 1.29 is 24.2 Å². The number of anilines is 1. The Labute approximate surface area is 163 Å². The van der Waals surface area contributed by atoms with Crippen molar-refractivity contribution in [2.24, 2.45) is 0 Å². The topological polar surface area (TPSA) is 142 Å². The first-order valence-corrected chi connectivity index (χ1v) is 8.18. The summed E-state index contributed by atoms with van der Waals surface area (Å²) in [5.41, 5.74) is 0.0582. The van der Waals surface area contributed by atoms with Crippen molar-refractivity contribution in [3.05, 3.63) is 72.8 Å². The lowest BCUT2D eigenvalue weighted by Gasteiger charge is -2.14. The largest absolute Gasteiger partial charge is 0.449 e. The second kappa shape index (κ2) is 8.44. The number of aryl methyl sites for hydroxylation is 1. The van der Waals surface area contributed by atoms with Gasteiger partial charge in [0.25, 0.3) is 17.3 Å². The zero-order chi connectivity index (χ0) is 21.0. The van der Waals surface area contributed by atoms with Gasteiger partial charge >= 0.3 is 5.97 Å². The summed E-state index contributed by atoms with van der Waals surface area (Å²) in [7, 11) is 0. The number of benzene rings is 2. The Bertz CT molecular complexity index is 977. The highest BCUT2D eigenvalue weighted by molar-refractivity contribution is 6.34. The van der Waals surface area contributed by atoms with Crippen LogP contribution < -0.4 is 5.32 Å². The van der Waals surface area contributed by atoms with E-state index in [1.807, 2.05) is 0 Å². The number of halogens is 1. The Morgan fingerprint density at radius 2 is 1.79 bits per heavy atom. The van der Waals surface area contributed by atoms with E-state index in [0.29, 0.717) is 0 Å². The number of esters is 1. The van der Waals surface area contributed by atoms with Gasteiger partial charge in [0.05, 0.1) is 26.1 Å². The molecule has 0 aliphatic rings. The van der Waals surface area contributed by atoms with Crippen LogP contribution in [-0.2, 0) is 9.53 Å². The monoisotopic (exact) mass is 407 g/mol. The lowest BCUT2D eigenvalue weighted by molar-refractivity contribution is -0.385. The second-order valence-corrected chi connectivity index (χ2v) is 6.12. The van der Waals surface area contributed by atoms with E-state index in [2.05, 4.69) is 5.32 Å². The smallest absolute Gasteiger partial charge is 0.338 e. The van der Waals surface area contributed by atoms with Crippen LogP contribution in [0.5, 0.6) is 0 Å². The Morgan fingerprint density at radius 1 is 1.11 bits per heavy atom. The highest BCUT2D eigenvalue weighted by Gasteiger charge is 2.22. The highest BCUT2D eigenvalue weighted by atomic mass is 35.5. The molecule has 0 radical (unpaired) electrons. The molecule has 10 nitrogen and oxygen atoms in total. The summed E-state index contributed by atoms with van der Waals surface area (Å²) in [6.45, 7) is 2.80. The normalized spacial score (nSPS) is 11.4. The van der Waals surface area contributed by atoms with Crippen LogP contribution >= 0.6 is 11.6 Å². The quantitative estimate of drug-likeness (QED) is 0.437. The average molecular weight is 408 g/mol. The molecule has 0 aliphatic heterocycles. The van der Waals surface area contributed by atoms with Gasteiger partial charge in [-0.2, -0.15) is 0 Å². The van der Waals surface area contributed by atoms with Gasteiger partial charge in [0.15, 0.2) is 6.10 Å². The zero-order valence-electron chi connectivity index (χ0n) is 14.7. The van der Waals surface area contributed by atoms with Gasteiger partial charge in [0, 0.05) is 23.8 Å². The molecule has 0 fully saturated rings. The standard InChI is InChI=1S/C17H14ClN3O7/c1-9-7-11(3-6-15(9)21(26)27)17(23)28-10(2)16(22)19-14-5-4-12(20(24)25)8-13(14)18/h3-8,10H,1-2H3,(H,19,22). The maximum absolute atomic E-state index is 12.2. The maximum Gasteiger partial charge on any atom is 0.338 e. The number of carbonyl (C=O) groups excluding carboxylic acids is 2. The molecule has 0 aliphatic carbocycles. The van der Waals surface area contributed by atoms with Crippen LogP contribution in [-0.4, -0.2) is 27.8 Å².